The topological polar surface area (TPSA) is 58.6 Å². The first-order chi connectivity index (χ1) is 8.08. The lowest BCUT2D eigenvalue weighted by Gasteiger charge is -2.14. The zero-order valence-electron chi connectivity index (χ0n) is 9.87. The lowest BCUT2D eigenvalue weighted by Crippen LogP contribution is -2.22. The molecule has 1 atom stereocenters. The zero-order chi connectivity index (χ0) is 12.8. The molecule has 5 heteroatoms. The number of carboxylic acid groups (broad SMARTS) is 1. The van der Waals surface area contributed by atoms with E-state index in [2.05, 4.69) is 5.32 Å². The summed E-state index contributed by atoms with van der Waals surface area (Å²) in [5, 5.41) is 12.6. The van der Waals surface area contributed by atoms with E-state index in [-0.39, 0.29) is 0 Å². The van der Waals surface area contributed by atoms with Crippen molar-refractivity contribution >= 4 is 23.3 Å². The average molecular weight is 258 g/mol. The van der Waals surface area contributed by atoms with E-state index in [1.54, 1.807) is 25.3 Å². The molecule has 0 saturated heterocycles. The molecule has 0 radical (unpaired) electrons. The molecular formula is C12H16ClNO3. The number of nitrogens with one attached hydrogen (secondary N) is 1. The highest BCUT2D eigenvalue weighted by molar-refractivity contribution is 6.30. The molecule has 1 unspecified atom stereocenters. The van der Waals surface area contributed by atoms with Gasteiger partial charge in [0, 0.05) is 11.6 Å². The molecule has 0 fully saturated rings. The Balaban J connectivity index is 2.73. The van der Waals surface area contributed by atoms with Crippen LogP contribution in [0.25, 0.3) is 0 Å². The molecule has 0 aliphatic heterocycles. The van der Waals surface area contributed by atoms with Crippen LogP contribution in [0.3, 0.4) is 0 Å². The largest absolute Gasteiger partial charge is 0.495 e. The first kappa shape index (κ1) is 13.6. The number of carboxylic acids is 1. The average Bonchev–Trinajstić information content (AvgIpc) is 2.29. The van der Waals surface area contributed by atoms with Crippen LogP contribution in [0.4, 0.5) is 5.69 Å². The van der Waals surface area contributed by atoms with Crippen molar-refractivity contribution in [3.05, 3.63) is 23.2 Å². The predicted octanol–water partition coefficient (Wildman–Crippen LogP) is 2.87. The Morgan fingerprint density at radius 1 is 1.59 bits per heavy atom. The van der Waals surface area contributed by atoms with Gasteiger partial charge < -0.3 is 15.2 Å². The highest BCUT2D eigenvalue weighted by Gasteiger charge is 2.15. The van der Waals surface area contributed by atoms with Crippen LogP contribution >= 0.6 is 11.6 Å². The number of ether oxygens (including phenoxy) is 1. The van der Waals surface area contributed by atoms with Gasteiger partial charge in [-0.15, -0.1) is 0 Å². The predicted molar refractivity (Wildman–Crippen MR) is 67.9 cm³/mol. The Kier molecular flexibility index (Phi) is 5.10. The Hall–Kier alpha value is -1.42. The van der Waals surface area contributed by atoms with Gasteiger partial charge in [0.1, 0.15) is 5.75 Å². The summed E-state index contributed by atoms with van der Waals surface area (Å²) in [5.41, 5.74) is 0.708. The van der Waals surface area contributed by atoms with Gasteiger partial charge in [-0.25, -0.2) is 0 Å². The second kappa shape index (κ2) is 6.35. The van der Waals surface area contributed by atoms with Crippen molar-refractivity contribution in [2.75, 3.05) is 19.0 Å². The van der Waals surface area contributed by atoms with Crippen LogP contribution in [0, 0.1) is 5.92 Å². The van der Waals surface area contributed by atoms with E-state index in [1.165, 1.54) is 0 Å². The monoisotopic (exact) mass is 257 g/mol. The molecule has 0 aliphatic rings. The van der Waals surface area contributed by atoms with Gasteiger partial charge in [0.15, 0.2) is 0 Å². The molecule has 0 bridgehead atoms. The minimum atomic E-state index is -0.805. The van der Waals surface area contributed by atoms with Crippen LogP contribution in [0.1, 0.15) is 13.3 Å². The highest BCUT2D eigenvalue weighted by Crippen LogP contribution is 2.27. The standard InChI is InChI=1S/C12H16ClNO3/c1-3-8(12(15)16)7-14-10-6-9(13)4-5-11(10)17-2/h4-6,8,14H,3,7H2,1-2H3,(H,15,16). The third kappa shape index (κ3) is 3.82. The molecule has 17 heavy (non-hydrogen) atoms. The molecule has 0 heterocycles. The fourth-order valence-electron chi connectivity index (χ4n) is 1.46. The summed E-state index contributed by atoms with van der Waals surface area (Å²) in [7, 11) is 1.56. The summed E-state index contributed by atoms with van der Waals surface area (Å²) >= 11 is 5.87. The summed E-state index contributed by atoms with van der Waals surface area (Å²) in [6.45, 7) is 2.19. The number of benzene rings is 1. The Morgan fingerprint density at radius 3 is 2.82 bits per heavy atom. The van der Waals surface area contributed by atoms with E-state index in [0.717, 1.165) is 0 Å². The fraction of sp³-hybridized carbons (Fsp3) is 0.417. The zero-order valence-corrected chi connectivity index (χ0v) is 10.6. The van der Waals surface area contributed by atoms with Gasteiger partial charge in [0.2, 0.25) is 0 Å². The van der Waals surface area contributed by atoms with Gasteiger partial charge in [-0.05, 0) is 24.6 Å². The summed E-state index contributed by atoms with van der Waals surface area (Å²) < 4.78 is 5.16. The summed E-state index contributed by atoms with van der Waals surface area (Å²) in [5.74, 6) is -0.575. The number of hydrogen-bond acceptors (Lipinski definition) is 3. The van der Waals surface area contributed by atoms with Crippen LogP contribution in [-0.4, -0.2) is 24.7 Å². The second-order valence-corrected chi connectivity index (χ2v) is 4.11. The van der Waals surface area contributed by atoms with Crippen LogP contribution in [0.2, 0.25) is 5.02 Å². The Morgan fingerprint density at radius 2 is 2.29 bits per heavy atom. The minimum absolute atomic E-state index is 0.350. The van der Waals surface area contributed by atoms with Crippen molar-refractivity contribution in [3.8, 4) is 5.75 Å². The van der Waals surface area contributed by atoms with Crippen LogP contribution in [0.5, 0.6) is 5.75 Å². The Labute approximate surface area is 106 Å². The van der Waals surface area contributed by atoms with E-state index in [4.69, 9.17) is 21.4 Å². The minimum Gasteiger partial charge on any atom is -0.495 e. The van der Waals surface area contributed by atoms with Gasteiger partial charge in [0.25, 0.3) is 0 Å². The molecule has 94 valence electrons. The molecule has 1 aromatic rings. The molecule has 0 aliphatic carbocycles. The van der Waals surface area contributed by atoms with E-state index >= 15 is 0 Å². The van der Waals surface area contributed by atoms with Crippen molar-refractivity contribution in [2.24, 2.45) is 5.92 Å². The van der Waals surface area contributed by atoms with Gasteiger partial charge in [-0.2, -0.15) is 0 Å². The molecule has 0 saturated carbocycles. The normalized spacial score (nSPS) is 11.9. The van der Waals surface area contributed by atoms with E-state index < -0.39 is 11.9 Å². The van der Waals surface area contributed by atoms with Crippen molar-refractivity contribution in [1.82, 2.24) is 0 Å². The molecule has 0 aromatic heterocycles. The summed E-state index contributed by atoms with van der Waals surface area (Å²) in [4.78, 5) is 10.9. The summed E-state index contributed by atoms with van der Waals surface area (Å²) in [6, 6.07) is 5.18. The number of methoxy groups -OCH3 is 1. The van der Waals surface area contributed by atoms with Crippen molar-refractivity contribution in [2.45, 2.75) is 13.3 Å². The number of rotatable bonds is 6. The lowest BCUT2D eigenvalue weighted by atomic mass is 10.1. The third-order valence-corrected chi connectivity index (χ3v) is 2.78. The third-order valence-electron chi connectivity index (χ3n) is 2.54. The number of anilines is 1. The first-order valence-electron chi connectivity index (χ1n) is 5.38. The molecule has 0 spiro atoms. The first-order valence-corrected chi connectivity index (χ1v) is 5.76. The molecule has 0 amide bonds. The van der Waals surface area contributed by atoms with E-state index in [1.807, 2.05) is 6.92 Å². The Bertz CT molecular complexity index is 395. The van der Waals surface area contributed by atoms with Crippen LogP contribution in [-0.2, 0) is 4.79 Å². The van der Waals surface area contributed by atoms with Crippen molar-refractivity contribution in [1.29, 1.82) is 0 Å². The maximum Gasteiger partial charge on any atom is 0.308 e. The smallest absolute Gasteiger partial charge is 0.308 e. The molecule has 1 rings (SSSR count). The molecule has 2 N–H and O–H groups in total. The quantitative estimate of drug-likeness (QED) is 0.823. The highest BCUT2D eigenvalue weighted by atomic mass is 35.5. The number of halogens is 1. The van der Waals surface area contributed by atoms with Crippen LogP contribution < -0.4 is 10.1 Å². The maximum atomic E-state index is 10.9. The second-order valence-electron chi connectivity index (χ2n) is 3.67. The van der Waals surface area contributed by atoms with Crippen molar-refractivity contribution in [3.63, 3.8) is 0 Å². The number of aliphatic carboxylic acids is 1. The van der Waals surface area contributed by atoms with Gasteiger partial charge in [0.05, 0.1) is 18.7 Å². The van der Waals surface area contributed by atoms with E-state index in [9.17, 15) is 4.79 Å². The maximum absolute atomic E-state index is 10.9. The molecular weight excluding hydrogens is 242 g/mol. The lowest BCUT2D eigenvalue weighted by molar-refractivity contribution is -0.141. The van der Waals surface area contributed by atoms with Crippen molar-refractivity contribution < 1.29 is 14.6 Å². The van der Waals surface area contributed by atoms with Gasteiger partial charge >= 0.3 is 5.97 Å². The fourth-order valence-corrected chi connectivity index (χ4v) is 1.63. The summed E-state index contributed by atoms with van der Waals surface area (Å²) in [6.07, 6.45) is 0.575. The van der Waals surface area contributed by atoms with Crippen LogP contribution in [0.15, 0.2) is 18.2 Å². The SMILES string of the molecule is CCC(CNc1cc(Cl)ccc1OC)C(=O)O. The van der Waals surface area contributed by atoms with Gasteiger partial charge in [-0.3, -0.25) is 4.79 Å². The number of hydrogen-bond donors (Lipinski definition) is 2. The molecule has 1 aromatic carbocycles. The molecule has 4 nitrogen and oxygen atoms in total. The number of carbonyl (C=O) groups is 1. The van der Waals surface area contributed by atoms with Gasteiger partial charge in [-0.1, -0.05) is 18.5 Å². The van der Waals surface area contributed by atoms with E-state index in [0.29, 0.717) is 29.4 Å².